The van der Waals surface area contributed by atoms with Gasteiger partial charge < -0.3 is 10.6 Å². The van der Waals surface area contributed by atoms with Gasteiger partial charge in [-0.05, 0) is 31.0 Å². The van der Waals surface area contributed by atoms with Gasteiger partial charge in [0.1, 0.15) is 19.7 Å². The highest BCUT2D eigenvalue weighted by molar-refractivity contribution is 6.83. The van der Waals surface area contributed by atoms with Crippen molar-refractivity contribution in [2.45, 2.75) is 45.1 Å². The van der Waals surface area contributed by atoms with E-state index in [4.69, 9.17) is 5.73 Å². The van der Waals surface area contributed by atoms with Crippen molar-refractivity contribution in [2.75, 3.05) is 5.73 Å². The number of carbonyl (C=O) groups is 1. The zero-order valence-electron chi connectivity index (χ0n) is 20.3. The summed E-state index contributed by atoms with van der Waals surface area (Å²) in [7, 11) is 0.306. The molecule has 178 valence electrons. The number of rotatable bonds is 4. The van der Waals surface area contributed by atoms with Crippen LogP contribution in [-0.4, -0.2) is 44.7 Å². The summed E-state index contributed by atoms with van der Waals surface area (Å²) < 4.78 is 16.8. The van der Waals surface area contributed by atoms with Crippen molar-refractivity contribution in [2.24, 2.45) is 7.05 Å². The van der Waals surface area contributed by atoms with Gasteiger partial charge >= 0.3 is 0 Å². The molecular formula is C26H27FN6OSi. The molecule has 0 aliphatic heterocycles. The molecule has 1 fully saturated rings. The van der Waals surface area contributed by atoms with Gasteiger partial charge in [-0.2, -0.15) is 5.10 Å². The minimum absolute atomic E-state index is 0.0103. The van der Waals surface area contributed by atoms with E-state index in [0.29, 0.717) is 22.8 Å². The lowest BCUT2D eigenvalue weighted by Crippen LogP contribution is -2.33. The summed E-state index contributed by atoms with van der Waals surface area (Å²) in [6.07, 6.45) is 5.15. The summed E-state index contributed by atoms with van der Waals surface area (Å²) in [5.74, 6) is 2.49. The molecule has 1 aliphatic carbocycles. The van der Waals surface area contributed by atoms with Crippen LogP contribution in [0.25, 0.3) is 21.8 Å². The Morgan fingerprint density at radius 2 is 2.00 bits per heavy atom. The molecule has 1 saturated carbocycles. The van der Waals surface area contributed by atoms with Gasteiger partial charge in [0.25, 0.3) is 5.91 Å². The van der Waals surface area contributed by atoms with Crippen molar-refractivity contribution in [1.82, 2.24) is 24.6 Å². The Morgan fingerprint density at radius 3 is 2.66 bits per heavy atom. The molecular weight excluding hydrogens is 459 g/mol. The van der Waals surface area contributed by atoms with Crippen molar-refractivity contribution in [3.8, 4) is 11.5 Å². The number of carbonyl (C=O) groups excluding carboxylic acids is 1. The highest BCUT2D eigenvalue weighted by Crippen LogP contribution is 2.33. The number of nitrogens with two attached hydrogens (primary N) is 1. The lowest BCUT2D eigenvalue weighted by Gasteiger charge is -2.23. The summed E-state index contributed by atoms with van der Waals surface area (Å²) in [5.41, 5.74) is 12.1. The molecule has 3 heterocycles. The number of aromatic nitrogens is 4. The summed E-state index contributed by atoms with van der Waals surface area (Å²) in [5, 5.41) is 5.57. The topological polar surface area (TPSA) is 89.9 Å². The first kappa shape index (κ1) is 23.0. The van der Waals surface area contributed by atoms with Crippen LogP contribution in [0.15, 0.2) is 36.7 Å². The van der Waals surface area contributed by atoms with Crippen LogP contribution in [-0.2, 0) is 13.6 Å². The zero-order chi connectivity index (χ0) is 24.9. The average Bonchev–Trinajstić information content (AvgIpc) is 3.57. The van der Waals surface area contributed by atoms with Gasteiger partial charge in [-0.15, -0.1) is 5.54 Å². The van der Waals surface area contributed by atoms with Gasteiger partial charge in [-0.1, -0.05) is 25.6 Å². The normalized spacial score (nSPS) is 13.6. The predicted molar refractivity (Wildman–Crippen MR) is 138 cm³/mol. The number of amides is 1. The fourth-order valence-corrected chi connectivity index (χ4v) is 4.60. The van der Waals surface area contributed by atoms with Crippen LogP contribution < -0.4 is 5.73 Å². The number of nitrogen functional groups attached to an aromatic ring is 1. The molecule has 0 unspecified atom stereocenters. The van der Waals surface area contributed by atoms with Gasteiger partial charge in [0.2, 0.25) is 0 Å². The second-order valence-corrected chi connectivity index (χ2v) is 14.8. The van der Waals surface area contributed by atoms with Gasteiger partial charge in [0.15, 0.2) is 0 Å². The maximum atomic E-state index is 15.2. The van der Waals surface area contributed by atoms with Gasteiger partial charge in [0, 0.05) is 36.3 Å². The minimum atomic E-state index is -1.48. The van der Waals surface area contributed by atoms with Gasteiger partial charge in [-0.3, -0.25) is 14.5 Å². The number of benzene rings is 1. The van der Waals surface area contributed by atoms with Gasteiger partial charge in [-0.25, -0.2) is 9.37 Å². The van der Waals surface area contributed by atoms with E-state index < -0.39 is 13.9 Å². The summed E-state index contributed by atoms with van der Waals surface area (Å²) in [4.78, 5) is 24.1. The van der Waals surface area contributed by atoms with Crippen LogP contribution in [0.5, 0.6) is 0 Å². The highest BCUT2D eigenvalue weighted by atomic mass is 28.3. The molecule has 9 heteroatoms. The molecule has 1 amide bonds. The molecule has 0 atom stereocenters. The van der Waals surface area contributed by atoms with E-state index in [0.717, 1.165) is 29.6 Å². The van der Waals surface area contributed by atoms with Crippen LogP contribution in [0.2, 0.25) is 19.6 Å². The fraction of sp³-hybridized carbons (Fsp3) is 0.308. The van der Waals surface area contributed by atoms with Crippen molar-refractivity contribution in [3.05, 3.63) is 59.3 Å². The van der Waals surface area contributed by atoms with Crippen LogP contribution in [0, 0.1) is 17.3 Å². The standard InChI is InChI=1S/C26H27FN6OSi/c1-32-24-20-11-19(22(27)12-23(20)31-25(28)21(24)14-30-32)26(34)33(18-7-8-18)15-17-6-5-16(13-29-17)9-10-35(2,3)4/h5-6,11-14,18H,7-8,15H2,1-4H3,(H2,28,31). The number of fused-ring (bicyclic) bond motifs is 3. The van der Waals surface area contributed by atoms with E-state index in [1.807, 2.05) is 12.1 Å². The molecule has 0 bridgehead atoms. The maximum absolute atomic E-state index is 15.2. The second-order valence-electron chi connectivity index (χ2n) is 10.1. The SMILES string of the molecule is Cn1ncc2c(N)nc3cc(F)c(C(=O)N(Cc4ccc(C#C[Si](C)(C)C)cn4)C4CC4)cc3c21. The molecule has 4 aromatic rings. The van der Waals surface area contributed by atoms with Crippen molar-refractivity contribution in [3.63, 3.8) is 0 Å². The molecule has 2 N–H and O–H groups in total. The van der Waals surface area contributed by atoms with Crippen LogP contribution in [0.1, 0.15) is 34.5 Å². The van der Waals surface area contributed by atoms with Crippen molar-refractivity contribution < 1.29 is 9.18 Å². The third kappa shape index (κ3) is 4.62. The number of pyridine rings is 2. The van der Waals surface area contributed by atoms with Crippen LogP contribution in [0.3, 0.4) is 0 Å². The molecule has 0 saturated heterocycles. The Labute approximate surface area is 204 Å². The monoisotopic (exact) mass is 486 g/mol. The predicted octanol–water partition coefficient (Wildman–Crippen LogP) is 4.27. The summed E-state index contributed by atoms with van der Waals surface area (Å²) >= 11 is 0. The summed E-state index contributed by atoms with van der Waals surface area (Å²) in [6, 6.07) is 6.74. The number of aryl methyl sites for hydroxylation is 1. The first-order valence-corrected chi connectivity index (χ1v) is 15.1. The smallest absolute Gasteiger partial charge is 0.257 e. The van der Waals surface area contributed by atoms with E-state index in [-0.39, 0.29) is 23.3 Å². The lowest BCUT2D eigenvalue weighted by atomic mass is 10.1. The zero-order valence-corrected chi connectivity index (χ0v) is 21.3. The number of hydrogen-bond acceptors (Lipinski definition) is 5. The molecule has 7 nitrogen and oxygen atoms in total. The van der Waals surface area contributed by atoms with Crippen LogP contribution >= 0.6 is 0 Å². The number of anilines is 1. The fourth-order valence-electron chi connectivity index (χ4n) is 4.08. The maximum Gasteiger partial charge on any atom is 0.257 e. The lowest BCUT2D eigenvalue weighted by molar-refractivity contribution is 0.0723. The highest BCUT2D eigenvalue weighted by Gasteiger charge is 2.34. The van der Waals surface area contributed by atoms with E-state index in [2.05, 4.69) is 46.2 Å². The van der Waals surface area contributed by atoms with Crippen LogP contribution in [0.4, 0.5) is 10.2 Å². The largest absolute Gasteiger partial charge is 0.383 e. The average molecular weight is 487 g/mol. The molecule has 1 aliphatic rings. The quantitative estimate of drug-likeness (QED) is 0.344. The number of hydrogen-bond donors (Lipinski definition) is 1. The minimum Gasteiger partial charge on any atom is -0.383 e. The van der Waals surface area contributed by atoms with Crippen molar-refractivity contribution >= 4 is 41.6 Å². The Balaban J connectivity index is 1.48. The third-order valence-corrected chi connectivity index (χ3v) is 6.89. The molecule has 0 spiro atoms. The first-order chi connectivity index (χ1) is 16.6. The number of halogens is 1. The molecule has 1 aromatic carbocycles. The first-order valence-electron chi connectivity index (χ1n) is 11.6. The van der Waals surface area contributed by atoms with Crippen molar-refractivity contribution in [1.29, 1.82) is 0 Å². The van der Waals surface area contributed by atoms with E-state index >= 15 is 4.39 Å². The Morgan fingerprint density at radius 1 is 1.23 bits per heavy atom. The third-order valence-electron chi connectivity index (χ3n) is 6.01. The second kappa shape index (κ2) is 8.47. The Kier molecular flexibility index (Phi) is 5.56. The molecule has 3 aromatic heterocycles. The molecule has 0 radical (unpaired) electrons. The van der Waals surface area contributed by atoms with E-state index in [1.54, 1.807) is 35.1 Å². The van der Waals surface area contributed by atoms with E-state index in [1.165, 1.54) is 6.07 Å². The summed E-state index contributed by atoms with van der Waals surface area (Å²) in [6.45, 7) is 6.88. The van der Waals surface area contributed by atoms with E-state index in [9.17, 15) is 4.79 Å². The Hall–Kier alpha value is -3.77. The molecule has 5 rings (SSSR count). The molecule has 35 heavy (non-hydrogen) atoms. The number of nitrogens with zero attached hydrogens (tertiary/aromatic N) is 5. The van der Waals surface area contributed by atoms with Gasteiger partial charge in [0.05, 0.1) is 40.4 Å². The Bertz CT molecular complexity index is 1520.